The van der Waals surface area contributed by atoms with E-state index in [9.17, 15) is 4.79 Å². The van der Waals surface area contributed by atoms with Crippen LogP contribution in [0, 0.1) is 0 Å². The van der Waals surface area contributed by atoms with E-state index in [2.05, 4.69) is 5.32 Å². The number of methoxy groups -OCH3 is 1. The van der Waals surface area contributed by atoms with Crippen LogP contribution in [0.25, 0.3) is 0 Å². The Labute approximate surface area is 136 Å². The van der Waals surface area contributed by atoms with E-state index in [-0.39, 0.29) is 12.5 Å². The molecule has 0 aliphatic rings. The maximum atomic E-state index is 11.4. The second-order valence-corrected chi connectivity index (χ2v) is 4.80. The summed E-state index contributed by atoms with van der Waals surface area (Å²) in [5, 5.41) is 3.01. The third-order valence-corrected chi connectivity index (χ3v) is 3.14. The molecule has 1 N–H and O–H groups in total. The van der Waals surface area contributed by atoms with Crippen molar-refractivity contribution in [1.29, 1.82) is 0 Å². The van der Waals surface area contributed by atoms with E-state index in [1.54, 1.807) is 26.2 Å². The number of carbonyl (C=O) groups excluding carboxylic acids is 1. The zero-order chi connectivity index (χ0) is 16.5. The lowest BCUT2D eigenvalue weighted by molar-refractivity contribution is -0.140. The van der Waals surface area contributed by atoms with Gasteiger partial charge in [0, 0.05) is 11.8 Å². The maximum absolute atomic E-state index is 11.4. The Morgan fingerprint density at radius 2 is 1.87 bits per heavy atom. The van der Waals surface area contributed by atoms with E-state index in [1.165, 1.54) is 0 Å². The molecular formula is C18H21NO4. The highest BCUT2D eigenvalue weighted by Crippen LogP contribution is 2.30. The second kappa shape index (κ2) is 8.68. The van der Waals surface area contributed by atoms with Gasteiger partial charge in [-0.05, 0) is 24.6 Å². The first-order valence-electron chi connectivity index (χ1n) is 7.47. The largest absolute Gasteiger partial charge is 0.493 e. The van der Waals surface area contributed by atoms with Crippen molar-refractivity contribution in [1.82, 2.24) is 0 Å². The van der Waals surface area contributed by atoms with Crippen molar-refractivity contribution in [2.45, 2.75) is 13.5 Å². The molecule has 0 fully saturated rings. The molecule has 0 radical (unpaired) electrons. The number of hydrogen-bond donors (Lipinski definition) is 1. The predicted molar refractivity (Wildman–Crippen MR) is 88.9 cm³/mol. The van der Waals surface area contributed by atoms with Crippen molar-refractivity contribution < 1.29 is 19.0 Å². The van der Waals surface area contributed by atoms with E-state index in [0.717, 1.165) is 11.3 Å². The molecule has 0 aliphatic heterocycles. The van der Waals surface area contributed by atoms with Gasteiger partial charge in [-0.15, -0.1) is 0 Å². The minimum absolute atomic E-state index is 0.109. The van der Waals surface area contributed by atoms with Crippen LogP contribution in [0.3, 0.4) is 0 Å². The lowest BCUT2D eigenvalue weighted by atomic mass is 10.2. The van der Waals surface area contributed by atoms with Gasteiger partial charge < -0.3 is 19.5 Å². The molecule has 0 atom stereocenters. The molecule has 0 saturated heterocycles. The molecule has 2 aromatic carbocycles. The minimum Gasteiger partial charge on any atom is -0.493 e. The maximum Gasteiger partial charge on any atom is 0.325 e. The van der Waals surface area contributed by atoms with Crippen molar-refractivity contribution in [3.63, 3.8) is 0 Å². The first-order valence-corrected chi connectivity index (χ1v) is 7.47. The van der Waals surface area contributed by atoms with Crippen molar-refractivity contribution in [3.05, 3.63) is 54.1 Å². The summed E-state index contributed by atoms with van der Waals surface area (Å²) in [4.78, 5) is 11.4. The molecule has 2 rings (SSSR count). The molecule has 0 aliphatic carbocycles. The van der Waals surface area contributed by atoms with Gasteiger partial charge in [-0.3, -0.25) is 4.79 Å². The molecule has 5 nitrogen and oxygen atoms in total. The Hall–Kier alpha value is -2.69. The third-order valence-electron chi connectivity index (χ3n) is 3.14. The van der Waals surface area contributed by atoms with E-state index < -0.39 is 0 Å². The first kappa shape index (κ1) is 16.7. The van der Waals surface area contributed by atoms with Crippen LogP contribution in [0.5, 0.6) is 11.5 Å². The fraction of sp³-hybridized carbons (Fsp3) is 0.278. The summed E-state index contributed by atoms with van der Waals surface area (Å²) < 4.78 is 16.0. The highest BCUT2D eigenvalue weighted by molar-refractivity contribution is 5.75. The second-order valence-electron chi connectivity index (χ2n) is 4.80. The Balaban J connectivity index is 2.02. The summed E-state index contributed by atoms with van der Waals surface area (Å²) in [6.45, 7) is 2.70. The van der Waals surface area contributed by atoms with Gasteiger partial charge in [-0.2, -0.15) is 0 Å². The van der Waals surface area contributed by atoms with Crippen LogP contribution in [-0.2, 0) is 16.1 Å². The average Bonchev–Trinajstić information content (AvgIpc) is 2.59. The summed E-state index contributed by atoms with van der Waals surface area (Å²) >= 11 is 0. The Morgan fingerprint density at radius 3 is 2.57 bits per heavy atom. The molecule has 0 amide bonds. The molecule has 0 saturated carbocycles. The van der Waals surface area contributed by atoms with Crippen LogP contribution in [-0.4, -0.2) is 26.2 Å². The van der Waals surface area contributed by atoms with Crippen LogP contribution in [0.2, 0.25) is 0 Å². The molecule has 122 valence electrons. The number of carbonyl (C=O) groups is 1. The number of rotatable bonds is 8. The van der Waals surface area contributed by atoms with Gasteiger partial charge in [0.15, 0.2) is 11.5 Å². The van der Waals surface area contributed by atoms with Crippen molar-refractivity contribution in [3.8, 4) is 11.5 Å². The summed E-state index contributed by atoms with van der Waals surface area (Å²) in [6, 6.07) is 15.3. The van der Waals surface area contributed by atoms with Crippen LogP contribution in [0.4, 0.5) is 5.69 Å². The number of ether oxygens (including phenoxy) is 3. The minimum atomic E-state index is -0.296. The van der Waals surface area contributed by atoms with E-state index in [4.69, 9.17) is 14.2 Å². The lowest BCUT2D eigenvalue weighted by Gasteiger charge is -2.13. The van der Waals surface area contributed by atoms with Crippen molar-refractivity contribution in [2.24, 2.45) is 0 Å². The van der Waals surface area contributed by atoms with E-state index >= 15 is 0 Å². The number of benzene rings is 2. The standard InChI is InChI=1S/C18H21NO4/c1-3-22-18(20)12-19-15-9-10-16(21-2)17(11-15)23-13-14-7-5-4-6-8-14/h4-11,19H,3,12-13H2,1-2H3. The summed E-state index contributed by atoms with van der Waals surface area (Å²) in [5.41, 5.74) is 1.83. The first-order chi connectivity index (χ1) is 11.2. The molecule has 0 heterocycles. The predicted octanol–water partition coefficient (Wildman–Crippen LogP) is 3.25. The quantitative estimate of drug-likeness (QED) is 0.758. The summed E-state index contributed by atoms with van der Waals surface area (Å²) in [6.07, 6.45) is 0. The SMILES string of the molecule is CCOC(=O)CNc1ccc(OC)c(OCc2ccccc2)c1. The van der Waals surface area contributed by atoms with E-state index in [0.29, 0.717) is 24.7 Å². The Morgan fingerprint density at radius 1 is 1.09 bits per heavy atom. The molecule has 0 aromatic heterocycles. The van der Waals surface area contributed by atoms with Crippen LogP contribution < -0.4 is 14.8 Å². The number of esters is 1. The smallest absolute Gasteiger partial charge is 0.325 e. The highest BCUT2D eigenvalue weighted by Gasteiger charge is 2.08. The molecular weight excluding hydrogens is 294 g/mol. The normalized spacial score (nSPS) is 10.0. The number of hydrogen-bond acceptors (Lipinski definition) is 5. The topological polar surface area (TPSA) is 56.8 Å². The van der Waals surface area contributed by atoms with E-state index in [1.807, 2.05) is 36.4 Å². The molecule has 2 aromatic rings. The summed E-state index contributed by atoms with van der Waals surface area (Å²) in [5.74, 6) is 0.961. The van der Waals surface area contributed by atoms with Crippen LogP contribution >= 0.6 is 0 Å². The Kier molecular flexibility index (Phi) is 6.29. The van der Waals surface area contributed by atoms with Crippen molar-refractivity contribution in [2.75, 3.05) is 25.6 Å². The number of nitrogens with one attached hydrogen (secondary N) is 1. The van der Waals surface area contributed by atoms with Gasteiger partial charge in [0.25, 0.3) is 0 Å². The van der Waals surface area contributed by atoms with Gasteiger partial charge >= 0.3 is 5.97 Å². The molecule has 0 bridgehead atoms. The van der Waals surface area contributed by atoms with Crippen LogP contribution in [0.15, 0.2) is 48.5 Å². The molecule has 0 spiro atoms. The number of anilines is 1. The lowest BCUT2D eigenvalue weighted by Crippen LogP contribution is -2.16. The zero-order valence-electron chi connectivity index (χ0n) is 13.4. The molecule has 5 heteroatoms. The third kappa shape index (κ3) is 5.21. The monoisotopic (exact) mass is 315 g/mol. The van der Waals surface area contributed by atoms with Gasteiger partial charge in [-0.1, -0.05) is 30.3 Å². The summed E-state index contributed by atoms with van der Waals surface area (Å²) in [7, 11) is 1.59. The zero-order valence-corrected chi connectivity index (χ0v) is 13.4. The average molecular weight is 315 g/mol. The fourth-order valence-electron chi connectivity index (χ4n) is 2.02. The van der Waals surface area contributed by atoms with Crippen LogP contribution in [0.1, 0.15) is 12.5 Å². The van der Waals surface area contributed by atoms with Gasteiger partial charge in [0.05, 0.1) is 13.7 Å². The van der Waals surface area contributed by atoms with Gasteiger partial charge in [0.2, 0.25) is 0 Å². The van der Waals surface area contributed by atoms with Gasteiger partial charge in [-0.25, -0.2) is 0 Å². The van der Waals surface area contributed by atoms with Crippen molar-refractivity contribution >= 4 is 11.7 Å². The van der Waals surface area contributed by atoms with Gasteiger partial charge in [0.1, 0.15) is 13.2 Å². The Bertz CT molecular complexity index is 628. The highest BCUT2D eigenvalue weighted by atomic mass is 16.5. The fourth-order valence-corrected chi connectivity index (χ4v) is 2.02. The molecule has 23 heavy (non-hydrogen) atoms. The molecule has 0 unspecified atom stereocenters.